The van der Waals surface area contributed by atoms with Gasteiger partial charge in [-0.1, -0.05) is 41.9 Å². The van der Waals surface area contributed by atoms with E-state index in [-0.39, 0.29) is 0 Å². The zero-order valence-electron chi connectivity index (χ0n) is 12.0. The summed E-state index contributed by atoms with van der Waals surface area (Å²) in [5.41, 5.74) is 3.24. The number of para-hydroxylation sites is 1. The number of rotatable bonds is 5. The molecular weight excluding hydrogens is 316 g/mol. The second-order valence-electron chi connectivity index (χ2n) is 4.71. The van der Waals surface area contributed by atoms with Gasteiger partial charge in [-0.3, -0.25) is 0 Å². The molecule has 112 valence electrons. The van der Waals surface area contributed by atoms with E-state index in [1.807, 2.05) is 30.3 Å². The number of methoxy groups -OCH3 is 1. The zero-order valence-corrected chi connectivity index (χ0v) is 13.6. The van der Waals surface area contributed by atoms with Gasteiger partial charge in [-0.2, -0.15) is 0 Å². The molecule has 1 aromatic heterocycles. The van der Waals surface area contributed by atoms with Crippen molar-refractivity contribution in [3.63, 3.8) is 0 Å². The molecule has 0 aliphatic heterocycles. The van der Waals surface area contributed by atoms with Gasteiger partial charge in [0, 0.05) is 22.3 Å². The van der Waals surface area contributed by atoms with Crippen LogP contribution in [0, 0.1) is 0 Å². The summed E-state index contributed by atoms with van der Waals surface area (Å²) in [5, 5.41) is 3.39. The van der Waals surface area contributed by atoms with Crippen LogP contribution >= 0.6 is 22.9 Å². The lowest BCUT2D eigenvalue weighted by Crippen LogP contribution is -1.97. The van der Waals surface area contributed by atoms with Crippen LogP contribution < -0.4 is 10.1 Å². The van der Waals surface area contributed by atoms with Gasteiger partial charge in [-0.25, -0.2) is 4.98 Å². The van der Waals surface area contributed by atoms with E-state index in [0.29, 0.717) is 11.0 Å². The fourth-order valence-electron chi connectivity index (χ4n) is 2.23. The quantitative estimate of drug-likeness (QED) is 0.708. The summed E-state index contributed by atoms with van der Waals surface area (Å²) in [6.45, 7) is 0.708. The lowest BCUT2D eigenvalue weighted by atomic mass is 10.0. The number of nitrogens with one attached hydrogen (secondary N) is 1. The van der Waals surface area contributed by atoms with Gasteiger partial charge in [0.2, 0.25) is 0 Å². The second-order valence-corrected chi connectivity index (χ2v) is 6.41. The number of halogens is 1. The molecular formula is C17H15ClN2OS. The molecule has 3 aromatic rings. The Bertz CT molecular complexity index is 773. The third kappa shape index (κ3) is 3.40. The van der Waals surface area contributed by atoms with E-state index < -0.39 is 0 Å². The molecule has 0 spiro atoms. The molecule has 0 saturated heterocycles. The maximum atomic E-state index is 5.85. The molecule has 0 aliphatic carbocycles. The molecule has 2 aromatic carbocycles. The normalized spacial score (nSPS) is 10.5. The minimum atomic E-state index is 0.569. The van der Waals surface area contributed by atoms with Crippen molar-refractivity contribution in [1.82, 2.24) is 4.98 Å². The Hall–Kier alpha value is -2.04. The van der Waals surface area contributed by atoms with Crippen molar-refractivity contribution in [2.45, 2.75) is 6.54 Å². The van der Waals surface area contributed by atoms with Gasteiger partial charge in [0.25, 0.3) is 0 Å². The molecule has 1 heterocycles. The highest BCUT2D eigenvalue weighted by molar-refractivity contribution is 7.15. The van der Waals surface area contributed by atoms with Crippen LogP contribution in [0.15, 0.2) is 54.7 Å². The number of nitrogens with zero attached hydrogens (tertiary/aromatic N) is 1. The van der Waals surface area contributed by atoms with Crippen LogP contribution in [-0.4, -0.2) is 12.1 Å². The Labute approximate surface area is 138 Å². The van der Waals surface area contributed by atoms with Crippen LogP contribution in [-0.2, 0) is 6.54 Å². The number of hydrogen-bond donors (Lipinski definition) is 1. The minimum Gasteiger partial charge on any atom is -0.496 e. The van der Waals surface area contributed by atoms with E-state index in [1.54, 1.807) is 13.3 Å². The number of anilines is 1. The first-order valence-corrected chi connectivity index (χ1v) is 8.03. The predicted molar refractivity (Wildman–Crippen MR) is 92.9 cm³/mol. The Morgan fingerprint density at radius 2 is 2.05 bits per heavy atom. The summed E-state index contributed by atoms with van der Waals surface area (Å²) >= 11 is 7.33. The SMILES string of the molecule is COc1ccccc1-c1cccc(NCc2cnc(Cl)s2)c1. The number of benzene rings is 2. The largest absolute Gasteiger partial charge is 0.496 e. The van der Waals surface area contributed by atoms with E-state index in [0.717, 1.165) is 27.4 Å². The van der Waals surface area contributed by atoms with Crippen molar-refractivity contribution < 1.29 is 4.74 Å². The second kappa shape index (κ2) is 6.81. The first kappa shape index (κ1) is 14.9. The van der Waals surface area contributed by atoms with E-state index in [9.17, 15) is 0 Å². The average molecular weight is 331 g/mol. The summed E-state index contributed by atoms with van der Waals surface area (Å²) < 4.78 is 6.00. The molecule has 0 radical (unpaired) electrons. The van der Waals surface area contributed by atoms with Gasteiger partial charge in [0.15, 0.2) is 4.47 Å². The highest BCUT2D eigenvalue weighted by atomic mass is 35.5. The maximum Gasteiger partial charge on any atom is 0.183 e. The minimum absolute atomic E-state index is 0.569. The van der Waals surface area contributed by atoms with Crippen molar-refractivity contribution >= 4 is 28.6 Å². The lowest BCUT2D eigenvalue weighted by molar-refractivity contribution is 0.416. The van der Waals surface area contributed by atoms with Gasteiger partial charge in [0.05, 0.1) is 13.7 Å². The van der Waals surface area contributed by atoms with Crippen LogP contribution in [0.5, 0.6) is 5.75 Å². The molecule has 0 saturated carbocycles. The van der Waals surface area contributed by atoms with Gasteiger partial charge >= 0.3 is 0 Å². The molecule has 5 heteroatoms. The molecule has 22 heavy (non-hydrogen) atoms. The maximum absolute atomic E-state index is 5.85. The molecule has 0 aliphatic rings. The molecule has 0 fully saturated rings. The van der Waals surface area contributed by atoms with Crippen LogP contribution in [0.1, 0.15) is 4.88 Å². The number of ether oxygens (including phenoxy) is 1. The summed E-state index contributed by atoms with van der Waals surface area (Å²) in [6, 6.07) is 16.3. The highest BCUT2D eigenvalue weighted by Crippen LogP contribution is 2.31. The Kier molecular flexibility index (Phi) is 4.61. The van der Waals surface area contributed by atoms with E-state index in [2.05, 4.69) is 28.5 Å². The van der Waals surface area contributed by atoms with E-state index >= 15 is 0 Å². The van der Waals surface area contributed by atoms with Crippen molar-refractivity contribution in [1.29, 1.82) is 0 Å². The fourth-order valence-corrected chi connectivity index (χ4v) is 3.15. The molecule has 0 amide bonds. The Morgan fingerprint density at radius 3 is 2.82 bits per heavy atom. The predicted octanol–water partition coefficient (Wildman–Crippen LogP) is 5.08. The van der Waals surface area contributed by atoms with Gasteiger partial charge in [0.1, 0.15) is 5.75 Å². The van der Waals surface area contributed by atoms with Crippen molar-refractivity contribution in [2.75, 3.05) is 12.4 Å². The van der Waals surface area contributed by atoms with E-state index in [1.165, 1.54) is 11.3 Å². The summed E-state index contributed by atoms with van der Waals surface area (Å²) in [4.78, 5) is 5.15. The number of aromatic nitrogens is 1. The summed E-state index contributed by atoms with van der Waals surface area (Å²) in [6.07, 6.45) is 1.80. The Morgan fingerprint density at radius 1 is 1.18 bits per heavy atom. The highest BCUT2D eigenvalue weighted by Gasteiger charge is 2.06. The molecule has 0 bridgehead atoms. The Balaban J connectivity index is 1.80. The first-order chi connectivity index (χ1) is 10.8. The molecule has 3 nitrogen and oxygen atoms in total. The number of hydrogen-bond acceptors (Lipinski definition) is 4. The van der Waals surface area contributed by atoms with E-state index in [4.69, 9.17) is 16.3 Å². The molecule has 0 unspecified atom stereocenters. The standard InChI is InChI=1S/C17H15ClN2OS/c1-21-16-8-3-2-7-15(16)12-5-4-6-13(9-12)19-10-14-11-20-17(18)22-14/h2-9,11,19H,10H2,1H3. The zero-order chi connectivity index (χ0) is 15.4. The summed E-state index contributed by atoms with van der Waals surface area (Å²) in [7, 11) is 1.69. The molecule has 3 rings (SSSR count). The third-order valence-electron chi connectivity index (χ3n) is 3.27. The third-order valence-corrected chi connectivity index (χ3v) is 4.39. The molecule has 1 N–H and O–H groups in total. The lowest BCUT2D eigenvalue weighted by Gasteiger charge is -2.10. The van der Waals surface area contributed by atoms with Crippen molar-refractivity contribution in [3.8, 4) is 16.9 Å². The van der Waals surface area contributed by atoms with Gasteiger partial charge in [-0.05, 0) is 23.8 Å². The topological polar surface area (TPSA) is 34.1 Å². The van der Waals surface area contributed by atoms with Crippen LogP contribution in [0.4, 0.5) is 5.69 Å². The summed E-state index contributed by atoms with van der Waals surface area (Å²) in [5.74, 6) is 0.869. The van der Waals surface area contributed by atoms with Gasteiger partial charge in [-0.15, -0.1) is 11.3 Å². The van der Waals surface area contributed by atoms with Gasteiger partial charge < -0.3 is 10.1 Å². The van der Waals surface area contributed by atoms with Crippen molar-refractivity contribution in [3.05, 3.63) is 64.1 Å². The van der Waals surface area contributed by atoms with Crippen molar-refractivity contribution in [2.24, 2.45) is 0 Å². The monoisotopic (exact) mass is 330 g/mol. The first-order valence-electron chi connectivity index (χ1n) is 6.84. The van der Waals surface area contributed by atoms with Crippen LogP contribution in [0.25, 0.3) is 11.1 Å². The average Bonchev–Trinajstić information content (AvgIpc) is 2.98. The fraction of sp³-hybridized carbons (Fsp3) is 0.118. The smallest absolute Gasteiger partial charge is 0.183 e. The molecule has 0 atom stereocenters. The number of thiazole rings is 1. The van der Waals surface area contributed by atoms with Crippen LogP contribution in [0.3, 0.4) is 0 Å². The van der Waals surface area contributed by atoms with Crippen LogP contribution in [0.2, 0.25) is 4.47 Å².